The first-order valence-corrected chi connectivity index (χ1v) is 12.9. The Bertz CT molecular complexity index is 1440. The first kappa shape index (κ1) is 29.7. The lowest BCUT2D eigenvalue weighted by Gasteiger charge is -2.41. The van der Waals surface area contributed by atoms with Gasteiger partial charge in [-0.05, 0) is 48.4 Å². The van der Waals surface area contributed by atoms with Gasteiger partial charge >= 0.3 is 25.8 Å². The first-order chi connectivity index (χ1) is 18.4. The number of morpholine rings is 1. The largest absolute Gasteiger partial charge is 0.454 e. The molecule has 0 amide bonds. The second-order valence-electron chi connectivity index (χ2n) is 8.70. The van der Waals surface area contributed by atoms with Gasteiger partial charge < -0.3 is 24.2 Å². The Morgan fingerprint density at radius 1 is 1.07 bits per heavy atom. The van der Waals surface area contributed by atoms with Gasteiger partial charge in [-0.1, -0.05) is 12.1 Å². The molecule has 1 saturated heterocycles. The van der Waals surface area contributed by atoms with Crippen molar-refractivity contribution < 1.29 is 54.6 Å². The normalized spacial score (nSPS) is 19.6. The molecule has 0 aliphatic carbocycles. The molecule has 1 aliphatic heterocycles. The number of rotatable bonds is 6. The molecule has 0 unspecified atom stereocenters. The predicted molar refractivity (Wildman–Crippen MR) is 122 cm³/mol. The quantitative estimate of drug-likeness (QED) is 0.281. The van der Waals surface area contributed by atoms with Crippen LogP contribution in [0.25, 0.3) is 0 Å². The van der Waals surface area contributed by atoms with Gasteiger partial charge in [0.05, 0.1) is 23.8 Å². The van der Waals surface area contributed by atoms with Crippen LogP contribution in [-0.2, 0) is 26.4 Å². The number of benzene rings is 2. The molecule has 10 nitrogen and oxygen atoms in total. The summed E-state index contributed by atoms with van der Waals surface area (Å²) in [5.74, 6) is -0.994. The van der Waals surface area contributed by atoms with Crippen LogP contribution in [-0.4, -0.2) is 43.8 Å². The predicted octanol–water partition coefficient (Wildman–Crippen LogP) is 4.37. The molecule has 218 valence electrons. The van der Waals surface area contributed by atoms with Crippen molar-refractivity contribution in [2.45, 2.75) is 37.7 Å². The molecule has 1 aliphatic rings. The number of nitrogens with one attached hydrogen (secondary N) is 1. The average Bonchev–Trinajstić information content (AvgIpc) is 3.25. The van der Waals surface area contributed by atoms with Gasteiger partial charge in [0.25, 0.3) is 0 Å². The van der Waals surface area contributed by atoms with E-state index >= 15 is 0 Å². The SMILES string of the molecule is C[C@@H](O[C@H]1OCCN(c2nn(P(=O)(O)O)c(=O)[nH]2)[C@H]1c1ccc(F)cc1)c1cc(C(F)(F)F)cc(C(F)(F)F)c1. The van der Waals surface area contributed by atoms with Gasteiger partial charge in [0.1, 0.15) is 11.9 Å². The molecule has 3 aromatic rings. The van der Waals surface area contributed by atoms with Gasteiger partial charge in [0.2, 0.25) is 5.95 Å². The molecular weight excluding hydrogens is 580 g/mol. The second-order valence-corrected chi connectivity index (χ2v) is 10.1. The number of hydrogen-bond donors (Lipinski definition) is 3. The Hall–Kier alpha value is -3.24. The minimum absolute atomic E-state index is 0.0237. The zero-order valence-corrected chi connectivity index (χ0v) is 21.0. The Morgan fingerprint density at radius 2 is 1.65 bits per heavy atom. The van der Waals surface area contributed by atoms with E-state index in [0.29, 0.717) is 12.1 Å². The monoisotopic (exact) mass is 600 g/mol. The lowest BCUT2D eigenvalue weighted by molar-refractivity contribution is -0.192. The molecular formula is C22H20F7N4O6P. The summed E-state index contributed by atoms with van der Waals surface area (Å²) >= 11 is 0. The van der Waals surface area contributed by atoms with Crippen LogP contribution in [0.5, 0.6) is 0 Å². The molecule has 2 heterocycles. The molecule has 1 aromatic heterocycles. The molecule has 18 heteroatoms. The van der Waals surface area contributed by atoms with Gasteiger partial charge in [-0.2, -0.15) is 26.3 Å². The van der Waals surface area contributed by atoms with E-state index in [2.05, 4.69) is 10.1 Å². The fourth-order valence-corrected chi connectivity index (χ4v) is 4.59. The highest BCUT2D eigenvalue weighted by molar-refractivity contribution is 7.49. The van der Waals surface area contributed by atoms with Crippen molar-refractivity contribution in [2.75, 3.05) is 18.1 Å². The summed E-state index contributed by atoms with van der Waals surface area (Å²) in [5, 5.41) is 3.62. The van der Waals surface area contributed by atoms with Gasteiger partial charge in [0.15, 0.2) is 6.29 Å². The topological polar surface area (TPSA) is 130 Å². The van der Waals surface area contributed by atoms with Crippen molar-refractivity contribution >= 4 is 13.7 Å². The maximum absolute atomic E-state index is 13.6. The third-order valence-corrected chi connectivity index (χ3v) is 6.71. The number of aromatic amines is 1. The molecule has 1 fully saturated rings. The van der Waals surface area contributed by atoms with Crippen molar-refractivity contribution in [1.82, 2.24) is 14.5 Å². The van der Waals surface area contributed by atoms with E-state index in [4.69, 9.17) is 9.47 Å². The Balaban J connectivity index is 1.74. The molecule has 40 heavy (non-hydrogen) atoms. The molecule has 0 spiro atoms. The number of halogens is 7. The molecule has 0 radical (unpaired) electrons. The smallest absolute Gasteiger partial charge is 0.348 e. The van der Waals surface area contributed by atoms with E-state index < -0.39 is 66.7 Å². The van der Waals surface area contributed by atoms with E-state index in [9.17, 15) is 49.9 Å². The van der Waals surface area contributed by atoms with Crippen molar-refractivity contribution in [3.8, 4) is 0 Å². The number of nitrogens with zero attached hydrogens (tertiary/aromatic N) is 3. The van der Waals surface area contributed by atoms with Crippen LogP contribution in [0.1, 0.15) is 41.3 Å². The highest BCUT2D eigenvalue weighted by Crippen LogP contribution is 2.40. The standard InChI is InChI=1S/C22H20F7N4O6P/c1-11(13-8-14(21(24,25)26)10-15(9-13)22(27,28)29)39-18-17(12-2-4-16(23)5-3-12)32(6-7-38-18)19-30-20(34)33(31-19)40(35,36)37/h2-5,8-11,17-18H,6-7H2,1H3,(H,30,31,34)(H2,35,36,37)/t11-,17+,18-/m1/s1. The second kappa shape index (κ2) is 10.6. The Kier molecular flexibility index (Phi) is 7.90. The van der Waals surface area contributed by atoms with E-state index in [0.717, 1.165) is 12.1 Å². The number of aromatic nitrogens is 3. The fraction of sp³-hybridized carbons (Fsp3) is 0.364. The zero-order valence-electron chi connectivity index (χ0n) is 20.1. The number of H-pyrrole nitrogens is 1. The zero-order chi connectivity index (χ0) is 29.6. The molecule has 3 N–H and O–H groups in total. The van der Waals surface area contributed by atoms with Gasteiger partial charge in [0, 0.05) is 6.54 Å². The van der Waals surface area contributed by atoms with Crippen molar-refractivity contribution in [3.63, 3.8) is 0 Å². The number of hydrogen-bond acceptors (Lipinski definition) is 6. The first-order valence-electron chi connectivity index (χ1n) is 11.3. The van der Waals surface area contributed by atoms with Crippen molar-refractivity contribution in [1.29, 1.82) is 0 Å². The molecule has 2 aromatic carbocycles. The van der Waals surface area contributed by atoms with Crippen LogP contribution in [0.15, 0.2) is 47.3 Å². The average molecular weight is 600 g/mol. The summed E-state index contributed by atoms with van der Waals surface area (Å²) in [5.41, 5.74) is -4.57. The molecule has 0 saturated carbocycles. The number of ether oxygens (including phenoxy) is 2. The fourth-order valence-electron chi connectivity index (χ4n) is 4.10. The van der Waals surface area contributed by atoms with E-state index in [1.165, 1.54) is 24.0 Å². The highest BCUT2D eigenvalue weighted by atomic mass is 31.2. The summed E-state index contributed by atoms with van der Waals surface area (Å²) in [7, 11) is -5.16. The van der Waals surface area contributed by atoms with Crippen LogP contribution < -0.4 is 10.6 Å². The minimum atomic E-state index is -5.16. The summed E-state index contributed by atoms with van der Waals surface area (Å²) in [4.78, 5) is 34.3. The maximum atomic E-state index is 13.6. The highest BCUT2D eigenvalue weighted by Gasteiger charge is 2.40. The van der Waals surface area contributed by atoms with E-state index in [1.807, 2.05) is 0 Å². The van der Waals surface area contributed by atoms with Gasteiger partial charge in [-0.25, -0.2) is 13.8 Å². The van der Waals surface area contributed by atoms with Crippen LogP contribution in [0.3, 0.4) is 0 Å². The van der Waals surface area contributed by atoms with E-state index in [-0.39, 0.29) is 35.2 Å². The van der Waals surface area contributed by atoms with Gasteiger partial charge in [-0.15, -0.1) is 9.55 Å². The molecule has 0 bridgehead atoms. The minimum Gasteiger partial charge on any atom is -0.348 e. The summed E-state index contributed by atoms with van der Waals surface area (Å²) < 4.78 is 117. The summed E-state index contributed by atoms with van der Waals surface area (Å²) in [6, 6.07) is 4.52. The maximum Gasteiger partial charge on any atom is 0.454 e. The van der Waals surface area contributed by atoms with Crippen LogP contribution in [0, 0.1) is 5.82 Å². The lowest BCUT2D eigenvalue weighted by Crippen LogP contribution is -2.47. The van der Waals surface area contributed by atoms with Crippen molar-refractivity contribution in [3.05, 3.63) is 81.0 Å². The Labute approximate surface area is 220 Å². The molecule has 3 atom stereocenters. The third-order valence-electron chi connectivity index (χ3n) is 5.95. The van der Waals surface area contributed by atoms with E-state index in [1.54, 1.807) is 0 Å². The lowest BCUT2D eigenvalue weighted by atomic mass is 10.0. The Morgan fingerprint density at radius 3 is 2.15 bits per heavy atom. The summed E-state index contributed by atoms with van der Waals surface area (Å²) in [6.45, 7) is 0.965. The molecule has 4 rings (SSSR count). The number of anilines is 1. The van der Waals surface area contributed by atoms with Gasteiger partial charge in [-0.3, -0.25) is 4.98 Å². The van der Waals surface area contributed by atoms with Crippen LogP contribution in [0.2, 0.25) is 0 Å². The van der Waals surface area contributed by atoms with Crippen molar-refractivity contribution in [2.24, 2.45) is 0 Å². The summed E-state index contributed by atoms with van der Waals surface area (Å²) in [6.07, 6.45) is -13.0. The third kappa shape index (κ3) is 6.39. The van der Waals surface area contributed by atoms with Crippen LogP contribution in [0.4, 0.5) is 36.7 Å². The number of alkyl halides is 6. The van der Waals surface area contributed by atoms with Crippen LogP contribution >= 0.6 is 7.75 Å².